The van der Waals surface area contributed by atoms with Crippen LogP contribution in [0.3, 0.4) is 0 Å². The van der Waals surface area contributed by atoms with Crippen LogP contribution in [0.25, 0.3) is 0 Å². The lowest BCUT2D eigenvalue weighted by Crippen LogP contribution is -2.22. The molecule has 0 heterocycles. The molecule has 1 fully saturated rings. The maximum absolute atomic E-state index is 9.93. The van der Waals surface area contributed by atoms with Crippen molar-refractivity contribution < 1.29 is 73.0 Å². The molecule has 0 bridgehead atoms. The van der Waals surface area contributed by atoms with Gasteiger partial charge in [-0.1, -0.05) is 284 Å². The van der Waals surface area contributed by atoms with Crippen LogP contribution >= 0.6 is 0 Å². The molecule has 1 aliphatic carbocycles. The minimum absolute atomic E-state index is 0. The van der Waals surface area contributed by atoms with Crippen molar-refractivity contribution in [3.63, 3.8) is 0 Å². The fraction of sp³-hybridized carbons (Fsp3) is 0.583. The number of phenols is 1. The average molecular weight is 1660 g/mol. The zero-order valence-corrected chi connectivity index (χ0v) is 67.5. The van der Waals surface area contributed by atoms with Crippen LogP contribution in [-0.2, 0) is 56.8 Å². The molecule has 8 rings (SSSR count). The highest BCUT2D eigenvalue weighted by atomic mass is 16.7. The molecule has 7 atom stereocenters. The van der Waals surface area contributed by atoms with Crippen LogP contribution in [0.5, 0.6) is 34.5 Å². The van der Waals surface area contributed by atoms with E-state index in [0.29, 0.717) is 116 Å². The highest BCUT2D eigenvalue weighted by Crippen LogP contribution is 2.33. The zero-order valence-electron chi connectivity index (χ0n) is 67.5. The molecular formula is C103H182O15. The molecule has 0 spiro atoms. The highest BCUT2D eigenvalue weighted by Gasteiger charge is 2.18. The number of hydrogen-bond donors (Lipinski definition) is 5. The molecule has 7 unspecified atom stereocenters. The Kier molecular flexibility index (Phi) is 85.5. The normalized spacial score (nSPS) is 12.4. The van der Waals surface area contributed by atoms with Crippen molar-refractivity contribution in [2.45, 2.75) is 345 Å². The quantitative estimate of drug-likeness (QED) is 0.0182. The largest absolute Gasteiger partial charge is 0.508 e. The van der Waals surface area contributed by atoms with Gasteiger partial charge in [-0.15, -0.1) is 0 Å². The summed E-state index contributed by atoms with van der Waals surface area (Å²) in [6, 6.07) is 50.5. The third-order valence-electron chi connectivity index (χ3n) is 19.5. The Morgan fingerprint density at radius 3 is 1.03 bits per heavy atom. The molecular weight excluding hydrogens is 1480 g/mol. The monoisotopic (exact) mass is 1660 g/mol. The van der Waals surface area contributed by atoms with E-state index in [4.69, 9.17) is 52.8 Å². The molecule has 5 N–H and O–H groups in total. The Morgan fingerprint density at radius 2 is 0.720 bits per heavy atom. The zero-order chi connectivity index (χ0) is 78.2. The minimum Gasteiger partial charge on any atom is -0.508 e. The third kappa shape index (κ3) is 50.6. The van der Waals surface area contributed by atoms with Gasteiger partial charge in [-0.2, -0.15) is 0 Å². The number of carboxylic acids is 1. The van der Waals surface area contributed by atoms with Gasteiger partial charge in [-0.05, 0) is 206 Å². The number of carbonyl (C=O) groups is 1. The van der Waals surface area contributed by atoms with Crippen LogP contribution in [0.2, 0.25) is 0 Å². The number of aliphatic hydroxyl groups is 3. The van der Waals surface area contributed by atoms with Crippen LogP contribution in [0.1, 0.15) is 360 Å². The first kappa shape index (κ1) is 131. The summed E-state index contributed by atoms with van der Waals surface area (Å²) >= 11 is 0. The predicted octanol–water partition coefficient (Wildman–Crippen LogP) is 29.4. The van der Waals surface area contributed by atoms with E-state index < -0.39 is 5.97 Å². The maximum Gasteiger partial charge on any atom is 0.306 e. The van der Waals surface area contributed by atoms with E-state index in [9.17, 15) is 20.1 Å². The lowest BCUT2D eigenvalue weighted by atomic mass is 9.97. The van der Waals surface area contributed by atoms with E-state index in [0.717, 1.165) is 66.2 Å². The minimum atomic E-state index is -0.706. The molecule has 0 aliphatic heterocycles. The standard InChI is InChI=1S/C25H36O4.C21H28O5.C20H32O3.C10H14O.C10H14.C5H10O2.12CH4/c1-7-19(4)20-8-10-24(11-9-20)28-12-13-29-25-22(16-26-5)14-21(18(2)3)15-23(25)17-27-6;1-3-15(2)17-4-6-20(7-5-17)25-8-9-26-21-18(13-23)10-16(12-22)11-19(21)14-24;1-4-16(2)18-10-12-20(13-11-18)23-17(3)21-14-15-22-19-8-6-5-7-9-19;1-3-8(2)9-4-6-10(11)7-5-9;1-3-9(2)10-7-5-4-6-8-10;1-3-4(2)5(6)7;;;;;;;;;;;;/h8-11,14-15,18-19H,7,12-13,16-17H2,1-6H3;4-7,10-11,15,22-24H,3,8-9,12-14H2,1-2H3;10-13,16-17,19H,4-9,14-15H2,1-3H3;4-8,11H,3H2,1-2H3;4-9H,3H2,1-2H3;4H,3H2,1-2H3,(H,6,7);12*1H4. The van der Waals surface area contributed by atoms with Gasteiger partial charge < -0.3 is 68.2 Å². The number of benzene rings is 7. The molecule has 0 saturated heterocycles. The van der Waals surface area contributed by atoms with Gasteiger partial charge in [0, 0.05) is 36.5 Å². The van der Waals surface area contributed by atoms with Gasteiger partial charge in [0.1, 0.15) is 60.9 Å². The Bertz CT molecular complexity index is 3320. The van der Waals surface area contributed by atoms with Gasteiger partial charge >= 0.3 is 5.97 Å². The summed E-state index contributed by atoms with van der Waals surface area (Å²) in [6.45, 7) is 35.2. The van der Waals surface area contributed by atoms with Gasteiger partial charge in [0.05, 0.1) is 58.3 Å². The van der Waals surface area contributed by atoms with Crippen molar-refractivity contribution >= 4 is 5.97 Å². The van der Waals surface area contributed by atoms with Gasteiger partial charge in [0.2, 0.25) is 0 Å². The van der Waals surface area contributed by atoms with Crippen molar-refractivity contribution in [1.82, 2.24) is 0 Å². The summed E-state index contributed by atoms with van der Waals surface area (Å²) in [6.07, 6.45) is 13.0. The van der Waals surface area contributed by atoms with E-state index >= 15 is 0 Å². The summed E-state index contributed by atoms with van der Waals surface area (Å²) in [4.78, 5) is 9.93. The second-order valence-corrected chi connectivity index (χ2v) is 27.9. The maximum atomic E-state index is 9.93. The first-order chi connectivity index (χ1) is 51.1. The predicted molar refractivity (Wildman–Crippen MR) is 512 cm³/mol. The van der Waals surface area contributed by atoms with Crippen molar-refractivity contribution in [1.29, 1.82) is 0 Å². The summed E-state index contributed by atoms with van der Waals surface area (Å²) in [5.74, 6) is 6.67. The molecule has 684 valence electrons. The van der Waals surface area contributed by atoms with E-state index in [-0.39, 0.29) is 128 Å². The fourth-order valence-corrected chi connectivity index (χ4v) is 11.3. The number of aromatic hydroxyl groups is 1. The van der Waals surface area contributed by atoms with Crippen molar-refractivity contribution in [2.75, 3.05) is 53.9 Å². The second-order valence-electron chi connectivity index (χ2n) is 27.9. The highest BCUT2D eigenvalue weighted by molar-refractivity contribution is 5.69. The van der Waals surface area contributed by atoms with Crippen LogP contribution in [0.15, 0.2) is 152 Å². The average Bonchev–Trinajstić information content (AvgIpc) is 0.824. The summed E-state index contributed by atoms with van der Waals surface area (Å²) in [5.41, 5.74) is 11.8. The molecule has 118 heavy (non-hydrogen) atoms. The Balaban J connectivity index is -0.000000153. The van der Waals surface area contributed by atoms with Crippen molar-refractivity contribution in [3.05, 3.63) is 213 Å². The first-order valence-electron chi connectivity index (χ1n) is 39.0. The third-order valence-corrected chi connectivity index (χ3v) is 19.5. The second kappa shape index (κ2) is 76.9. The Hall–Kier alpha value is -7.47. The van der Waals surface area contributed by atoms with E-state index in [1.165, 1.54) is 71.9 Å². The number of carboxylic acid groups (broad SMARTS) is 1. The molecule has 0 radical (unpaired) electrons. The lowest BCUT2D eigenvalue weighted by Gasteiger charge is -2.22. The number of methoxy groups -OCH3 is 2. The molecule has 0 aromatic heterocycles. The number of aliphatic hydroxyl groups excluding tert-OH is 3. The Morgan fingerprint density at radius 1 is 0.381 bits per heavy atom. The van der Waals surface area contributed by atoms with E-state index in [2.05, 4.69) is 162 Å². The molecule has 1 aliphatic rings. The van der Waals surface area contributed by atoms with Gasteiger partial charge in [-0.25, -0.2) is 0 Å². The smallest absolute Gasteiger partial charge is 0.306 e. The molecule has 7 aromatic carbocycles. The number of ether oxygens (including phenoxy) is 9. The SMILES string of the molecule is C.C.C.C.C.C.C.C.C.C.C.C.CCC(C)C(=O)O.CCC(C)c1ccc(O)cc1.CCC(C)c1ccc(OC(C)OCCOC2CCCCC2)cc1.CCC(C)c1ccc(OCCOc2c(CO)cc(CO)cc2CO)cc1.CCC(C)c1ccc(OCCOc2c(COC)cc(C(C)C)cc2COC)cc1.CCC(C)c1ccccc1. The summed E-state index contributed by atoms with van der Waals surface area (Å²) < 4.78 is 51.6. The Labute approximate surface area is 726 Å². The number of aliphatic carboxylic acids is 1. The van der Waals surface area contributed by atoms with Crippen molar-refractivity contribution in [3.8, 4) is 34.5 Å². The fourth-order valence-electron chi connectivity index (χ4n) is 11.3. The van der Waals surface area contributed by atoms with Crippen LogP contribution < -0.4 is 23.7 Å². The van der Waals surface area contributed by atoms with Gasteiger partial charge in [-0.3, -0.25) is 4.79 Å². The van der Waals surface area contributed by atoms with E-state index in [1.807, 2.05) is 62.4 Å². The van der Waals surface area contributed by atoms with Crippen LogP contribution in [0, 0.1) is 5.92 Å². The van der Waals surface area contributed by atoms with Gasteiger partial charge in [0.25, 0.3) is 0 Å². The lowest BCUT2D eigenvalue weighted by molar-refractivity contribution is -0.141. The van der Waals surface area contributed by atoms with Crippen LogP contribution in [-0.4, -0.2) is 97.8 Å². The molecule has 1 saturated carbocycles. The summed E-state index contributed by atoms with van der Waals surface area (Å²) in [7, 11) is 3.40. The van der Waals surface area contributed by atoms with Crippen LogP contribution in [0.4, 0.5) is 0 Å². The van der Waals surface area contributed by atoms with E-state index in [1.54, 1.807) is 45.4 Å². The topological polar surface area (TPSA) is 201 Å². The first-order valence-corrected chi connectivity index (χ1v) is 39.0. The molecule has 0 amide bonds. The van der Waals surface area contributed by atoms with Gasteiger partial charge in [0.15, 0.2) is 6.29 Å². The van der Waals surface area contributed by atoms with Crippen molar-refractivity contribution in [2.24, 2.45) is 5.92 Å². The number of rotatable bonds is 37. The molecule has 7 aromatic rings. The number of phenolic OH excluding ortho intramolecular Hbond substituents is 1. The molecule has 15 nitrogen and oxygen atoms in total. The summed E-state index contributed by atoms with van der Waals surface area (Å²) in [5, 5.41) is 45.5. The molecule has 15 heteroatoms. The number of hydrogen-bond acceptors (Lipinski definition) is 14.